The van der Waals surface area contributed by atoms with Gasteiger partial charge < -0.3 is 4.74 Å². The molecule has 3 nitrogen and oxygen atoms in total. The lowest BCUT2D eigenvalue weighted by molar-refractivity contribution is -0.151. The average Bonchev–Trinajstić information content (AvgIpc) is 2.25. The zero-order chi connectivity index (χ0) is 11.1. The summed E-state index contributed by atoms with van der Waals surface area (Å²) < 4.78 is 4.65. The van der Waals surface area contributed by atoms with Crippen LogP contribution in [0, 0.1) is 0 Å². The molecule has 3 heteroatoms. The Morgan fingerprint density at radius 2 is 1.93 bits per heavy atom. The van der Waals surface area contributed by atoms with Crippen LogP contribution in [-0.4, -0.2) is 18.4 Å². The third kappa shape index (κ3) is 4.22. The Kier molecular flexibility index (Phi) is 4.29. The number of ketones is 1. The number of esters is 1. The van der Waals surface area contributed by atoms with E-state index in [1.165, 1.54) is 6.92 Å². The summed E-state index contributed by atoms with van der Waals surface area (Å²) in [4.78, 5) is 21.3. The van der Waals surface area contributed by atoms with E-state index in [2.05, 4.69) is 4.74 Å². The lowest BCUT2D eigenvalue weighted by Gasteiger charge is -1.96. The van der Waals surface area contributed by atoms with Crippen LogP contribution < -0.4 is 0 Å². The standard InChI is InChI=1S/C12H12O3/c1-10(13)12(14)15-9-5-8-11-6-3-2-4-7-11/h2-8H,9H2,1H3. The van der Waals surface area contributed by atoms with E-state index in [1.54, 1.807) is 6.08 Å². The molecule has 0 N–H and O–H groups in total. The minimum Gasteiger partial charge on any atom is -0.456 e. The highest BCUT2D eigenvalue weighted by atomic mass is 16.5. The van der Waals surface area contributed by atoms with Crippen molar-refractivity contribution < 1.29 is 14.3 Å². The number of ether oxygens (including phenoxy) is 1. The summed E-state index contributed by atoms with van der Waals surface area (Å²) in [5.74, 6) is -1.38. The fraction of sp³-hybridized carbons (Fsp3) is 0.167. The topological polar surface area (TPSA) is 43.4 Å². The summed E-state index contributed by atoms with van der Waals surface area (Å²) >= 11 is 0. The molecule has 0 spiro atoms. The van der Waals surface area contributed by atoms with E-state index >= 15 is 0 Å². The van der Waals surface area contributed by atoms with E-state index in [9.17, 15) is 9.59 Å². The first-order valence-corrected chi connectivity index (χ1v) is 4.59. The van der Waals surface area contributed by atoms with Gasteiger partial charge in [0.2, 0.25) is 5.78 Å². The van der Waals surface area contributed by atoms with E-state index in [-0.39, 0.29) is 6.61 Å². The number of rotatable bonds is 4. The molecule has 0 atom stereocenters. The van der Waals surface area contributed by atoms with Crippen molar-refractivity contribution in [1.29, 1.82) is 0 Å². The highest BCUT2D eigenvalue weighted by Gasteiger charge is 2.06. The van der Waals surface area contributed by atoms with Crippen LogP contribution in [0.4, 0.5) is 0 Å². The smallest absolute Gasteiger partial charge is 0.374 e. The van der Waals surface area contributed by atoms with Gasteiger partial charge in [0.05, 0.1) is 0 Å². The van der Waals surface area contributed by atoms with Gasteiger partial charge in [-0.25, -0.2) is 4.79 Å². The van der Waals surface area contributed by atoms with Crippen LogP contribution in [0.3, 0.4) is 0 Å². The summed E-state index contributed by atoms with van der Waals surface area (Å²) in [5, 5.41) is 0. The van der Waals surface area contributed by atoms with Gasteiger partial charge in [0.1, 0.15) is 6.61 Å². The zero-order valence-electron chi connectivity index (χ0n) is 8.47. The average molecular weight is 204 g/mol. The van der Waals surface area contributed by atoms with Crippen molar-refractivity contribution >= 4 is 17.8 Å². The van der Waals surface area contributed by atoms with Crippen molar-refractivity contribution in [3.63, 3.8) is 0 Å². The molecule has 78 valence electrons. The Balaban J connectivity index is 2.35. The Morgan fingerprint density at radius 1 is 1.27 bits per heavy atom. The molecule has 0 fully saturated rings. The summed E-state index contributed by atoms with van der Waals surface area (Å²) in [6.45, 7) is 1.30. The van der Waals surface area contributed by atoms with Crippen molar-refractivity contribution in [1.82, 2.24) is 0 Å². The molecule has 0 aliphatic carbocycles. The molecule has 0 bridgehead atoms. The van der Waals surface area contributed by atoms with E-state index < -0.39 is 11.8 Å². The maximum atomic E-state index is 10.7. The Labute approximate surface area is 88.4 Å². The van der Waals surface area contributed by atoms with Gasteiger partial charge in [-0.3, -0.25) is 4.79 Å². The largest absolute Gasteiger partial charge is 0.456 e. The van der Waals surface area contributed by atoms with Crippen LogP contribution in [-0.2, 0) is 14.3 Å². The maximum absolute atomic E-state index is 10.7. The van der Waals surface area contributed by atoms with Gasteiger partial charge in [-0.05, 0) is 11.6 Å². The van der Waals surface area contributed by atoms with Crippen molar-refractivity contribution in [3.05, 3.63) is 42.0 Å². The molecule has 0 heterocycles. The second-order valence-corrected chi connectivity index (χ2v) is 2.97. The van der Waals surface area contributed by atoms with Gasteiger partial charge in [0.25, 0.3) is 0 Å². The van der Waals surface area contributed by atoms with Gasteiger partial charge in [0.15, 0.2) is 0 Å². The summed E-state index contributed by atoms with van der Waals surface area (Å²) in [7, 11) is 0. The Morgan fingerprint density at radius 3 is 2.53 bits per heavy atom. The van der Waals surface area contributed by atoms with Crippen molar-refractivity contribution in [2.75, 3.05) is 6.61 Å². The molecule has 0 aliphatic rings. The van der Waals surface area contributed by atoms with Crippen LogP contribution in [0.2, 0.25) is 0 Å². The van der Waals surface area contributed by atoms with Crippen LogP contribution in [0.1, 0.15) is 12.5 Å². The molecule has 1 rings (SSSR count). The molecular formula is C12H12O3. The minimum atomic E-state index is -0.798. The number of carbonyl (C=O) groups excluding carboxylic acids is 2. The van der Waals surface area contributed by atoms with Gasteiger partial charge in [-0.2, -0.15) is 0 Å². The summed E-state index contributed by atoms with van der Waals surface area (Å²) in [5.41, 5.74) is 1.02. The first kappa shape index (κ1) is 11.2. The normalized spacial score (nSPS) is 10.2. The fourth-order valence-corrected chi connectivity index (χ4v) is 0.974. The quantitative estimate of drug-likeness (QED) is 0.555. The predicted molar refractivity (Wildman–Crippen MR) is 57.1 cm³/mol. The van der Waals surface area contributed by atoms with Gasteiger partial charge in [-0.15, -0.1) is 0 Å². The predicted octanol–water partition coefficient (Wildman–Crippen LogP) is 1.83. The first-order valence-electron chi connectivity index (χ1n) is 4.59. The Bertz CT molecular complexity index is 366. The third-order valence-corrected chi connectivity index (χ3v) is 1.71. The molecule has 1 aromatic carbocycles. The van der Waals surface area contributed by atoms with Gasteiger partial charge in [0, 0.05) is 6.92 Å². The van der Waals surface area contributed by atoms with Crippen molar-refractivity contribution in [2.24, 2.45) is 0 Å². The van der Waals surface area contributed by atoms with Crippen molar-refractivity contribution in [3.8, 4) is 0 Å². The van der Waals surface area contributed by atoms with E-state index in [0.29, 0.717) is 0 Å². The van der Waals surface area contributed by atoms with Crippen LogP contribution >= 0.6 is 0 Å². The molecular weight excluding hydrogens is 192 g/mol. The van der Waals surface area contributed by atoms with Crippen LogP contribution in [0.15, 0.2) is 36.4 Å². The molecule has 0 saturated heterocycles. The van der Waals surface area contributed by atoms with E-state index in [0.717, 1.165) is 5.56 Å². The van der Waals surface area contributed by atoms with Crippen molar-refractivity contribution in [2.45, 2.75) is 6.92 Å². The fourth-order valence-electron chi connectivity index (χ4n) is 0.974. The molecule has 0 radical (unpaired) electrons. The Hall–Kier alpha value is -1.90. The van der Waals surface area contributed by atoms with Crippen LogP contribution in [0.5, 0.6) is 0 Å². The SMILES string of the molecule is CC(=O)C(=O)OCC=Cc1ccccc1. The molecule has 0 saturated carbocycles. The highest BCUT2D eigenvalue weighted by Crippen LogP contribution is 2.00. The van der Waals surface area contributed by atoms with E-state index in [1.807, 2.05) is 36.4 Å². The number of carbonyl (C=O) groups is 2. The second kappa shape index (κ2) is 5.75. The minimum absolute atomic E-state index is 0.118. The number of hydrogen-bond donors (Lipinski definition) is 0. The molecule has 0 aromatic heterocycles. The summed E-state index contributed by atoms with van der Waals surface area (Å²) in [6, 6.07) is 9.63. The number of Topliss-reactive ketones (excluding diaryl/α,β-unsaturated/α-hetero) is 1. The lowest BCUT2D eigenvalue weighted by Crippen LogP contribution is -2.13. The first-order chi connectivity index (χ1) is 7.20. The lowest BCUT2D eigenvalue weighted by atomic mass is 10.2. The summed E-state index contributed by atoms with van der Waals surface area (Å²) in [6.07, 6.45) is 3.52. The third-order valence-electron chi connectivity index (χ3n) is 1.71. The highest BCUT2D eigenvalue weighted by molar-refractivity contribution is 6.32. The number of hydrogen-bond acceptors (Lipinski definition) is 3. The zero-order valence-corrected chi connectivity index (χ0v) is 8.47. The van der Waals surface area contributed by atoms with Gasteiger partial charge in [-0.1, -0.05) is 36.4 Å². The van der Waals surface area contributed by atoms with Crippen LogP contribution in [0.25, 0.3) is 6.08 Å². The molecule has 0 unspecified atom stereocenters. The van der Waals surface area contributed by atoms with Gasteiger partial charge >= 0.3 is 5.97 Å². The monoisotopic (exact) mass is 204 g/mol. The maximum Gasteiger partial charge on any atom is 0.374 e. The molecule has 0 amide bonds. The second-order valence-electron chi connectivity index (χ2n) is 2.97. The molecule has 1 aromatic rings. The molecule has 15 heavy (non-hydrogen) atoms. The molecule has 0 aliphatic heterocycles. The van der Waals surface area contributed by atoms with E-state index in [4.69, 9.17) is 0 Å². The number of benzene rings is 1.